The Morgan fingerprint density at radius 1 is 1.35 bits per heavy atom. The lowest BCUT2D eigenvalue weighted by atomic mass is 9.90. The first kappa shape index (κ1) is 16.4. The zero-order valence-electron chi connectivity index (χ0n) is 14.0. The molecule has 3 saturated heterocycles. The van der Waals surface area contributed by atoms with Gasteiger partial charge in [-0.2, -0.15) is 0 Å². The van der Waals surface area contributed by atoms with Gasteiger partial charge in [0.25, 0.3) is 5.91 Å². The van der Waals surface area contributed by atoms with Gasteiger partial charge in [0.15, 0.2) is 4.87 Å². The minimum Gasteiger partial charge on any atom is -0.354 e. The van der Waals surface area contributed by atoms with Gasteiger partial charge in [-0.1, -0.05) is 23.4 Å². The van der Waals surface area contributed by atoms with Gasteiger partial charge in [0, 0.05) is 29.4 Å². The molecule has 6 nitrogen and oxygen atoms in total. The van der Waals surface area contributed by atoms with Crippen molar-refractivity contribution >= 4 is 46.8 Å². The van der Waals surface area contributed by atoms with Crippen molar-refractivity contribution in [2.45, 2.75) is 41.5 Å². The van der Waals surface area contributed by atoms with Crippen LogP contribution in [0, 0.1) is 5.92 Å². The molecule has 0 unspecified atom stereocenters. The second kappa shape index (κ2) is 5.63. The number of carbonyl (C=O) groups is 3. The molecule has 0 radical (unpaired) electrons. The highest BCUT2D eigenvalue weighted by Gasteiger charge is 2.60. The minimum absolute atomic E-state index is 0.0403. The van der Waals surface area contributed by atoms with E-state index in [4.69, 9.17) is 11.6 Å². The van der Waals surface area contributed by atoms with E-state index in [1.807, 2.05) is 11.0 Å². The third-order valence-corrected chi connectivity index (χ3v) is 7.62. The number of hydrogen-bond acceptors (Lipinski definition) is 4. The first-order valence-electron chi connectivity index (χ1n) is 8.92. The summed E-state index contributed by atoms with van der Waals surface area (Å²) in [5.74, 6) is -0.177. The highest BCUT2D eigenvalue weighted by atomic mass is 35.5. The normalized spacial score (nSPS) is 32.3. The predicted octanol–water partition coefficient (Wildman–Crippen LogP) is 2.01. The van der Waals surface area contributed by atoms with E-state index in [9.17, 15) is 14.4 Å². The van der Waals surface area contributed by atoms with Gasteiger partial charge in [-0.25, -0.2) is 0 Å². The smallest absolute Gasteiger partial charge is 0.260 e. The highest BCUT2D eigenvalue weighted by molar-refractivity contribution is 8.02. The van der Waals surface area contributed by atoms with E-state index < -0.39 is 4.87 Å². The number of thioether (sulfide) groups is 1. The summed E-state index contributed by atoms with van der Waals surface area (Å²) in [5, 5.41) is 3.44. The van der Waals surface area contributed by atoms with E-state index in [2.05, 4.69) is 5.32 Å². The summed E-state index contributed by atoms with van der Waals surface area (Å²) in [6.45, 7) is 1.14. The Labute approximate surface area is 160 Å². The van der Waals surface area contributed by atoms with Crippen LogP contribution in [-0.4, -0.2) is 46.6 Å². The van der Waals surface area contributed by atoms with Crippen molar-refractivity contribution < 1.29 is 14.4 Å². The summed E-state index contributed by atoms with van der Waals surface area (Å²) in [6.07, 6.45) is 2.47. The molecule has 0 aliphatic carbocycles. The fourth-order valence-corrected chi connectivity index (χ4v) is 6.36. The topological polar surface area (TPSA) is 69.7 Å². The summed E-state index contributed by atoms with van der Waals surface area (Å²) >= 11 is 7.59. The molecule has 1 aromatic rings. The molecule has 3 atom stereocenters. The van der Waals surface area contributed by atoms with Crippen LogP contribution in [0.25, 0.3) is 0 Å². The molecule has 4 aliphatic heterocycles. The van der Waals surface area contributed by atoms with E-state index in [-0.39, 0.29) is 29.7 Å². The maximum absolute atomic E-state index is 13.7. The van der Waals surface area contributed by atoms with Crippen LogP contribution in [0.3, 0.4) is 0 Å². The largest absolute Gasteiger partial charge is 0.354 e. The highest BCUT2D eigenvalue weighted by Crippen LogP contribution is 2.57. The molecule has 1 aromatic carbocycles. The molecule has 8 heteroatoms. The fourth-order valence-electron chi connectivity index (χ4n) is 4.73. The van der Waals surface area contributed by atoms with Crippen molar-refractivity contribution in [3.63, 3.8) is 0 Å². The summed E-state index contributed by atoms with van der Waals surface area (Å²) in [5.41, 5.74) is 0.729. The van der Waals surface area contributed by atoms with E-state index >= 15 is 0 Å². The van der Waals surface area contributed by atoms with Gasteiger partial charge >= 0.3 is 0 Å². The Balaban J connectivity index is 1.54. The Morgan fingerprint density at radius 2 is 2.19 bits per heavy atom. The number of fused-ring (bicyclic) bond motifs is 4. The van der Waals surface area contributed by atoms with E-state index in [0.717, 1.165) is 23.4 Å². The van der Waals surface area contributed by atoms with Crippen LogP contribution in [0.4, 0.5) is 5.69 Å². The van der Waals surface area contributed by atoms with Crippen LogP contribution in [0.1, 0.15) is 25.7 Å². The monoisotopic (exact) mass is 391 g/mol. The van der Waals surface area contributed by atoms with Crippen molar-refractivity contribution in [3.05, 3.63) is 23.2 Å². The lowest BCUT2D eigenvalue weighted by molar-refractivity contribution is -0.139. The van der Waals surface area contributed by atoms with E-state index in [1.165, 1.54) is 11.8 Å². The van der Waals surface area contributed by atoms with Crippen LogP contribution in [0.5, 0.6) is 0 Å². The molecule has 0 aromatic heterocycles. The minimum atomic E-state index is -0.933. The number of carbonyl (C=O) groups excluding carboxylic acids is 3. The Bertz CT molecular complexity index is 847. The lowest BCUT2D eigenvalue weighted by Crippen LogP contribution is -2.59. The number of nitrogens with one attached hydrogen (secondary N) is 1. The van der Waals surface area contributed by atoms with Crippen LogP contribution in [0.15, 0.2) is 23.1 Å². The second-order valence-electron chi connectivity index (χ2n) is 7.29. The van der Waals surface area contributed by atoms with Crippen molar-refractivity contribution in [3.8, 4) is 0 Å². The van der Waals surface area contributed by atoms with Gasteiger partial charge in [0.05, 0.1) is 17.6 Å². The maximum atomic E-state index is 13.7. The molecule has 4 aliphatic rings. The van der Waals surface area contributed by atoms with Gasteiger partial charge in [0.2, 0.25) is 11.8 Å². The number of hydrogen-bond donors (Lipinski definition) is 1. The Kier molecular flexibility index (Phi) is 3.56. The third-order valence-electron chi connectivity index (χ3n) is 5.93. The molecule has 0 spiro atoms. The van der Waals surface area contributed by atoms with Gasteiger partial charge in [0.1, 0.15) is 0 Å². The third kappa shape index (κ3) is 2.10. The summed E-state index contributed by atoms with van der Waals surface area (Å²) in [4.78, 5) is 41.9. The fraction of sp³-hybridized carbons (Fsp3) is 0.500. The molecule has 3 amide bonds. The van der Waals surface area contributed by atoms with Gasteiger partial charge in [-0.3, -0.25) is 19.3 Å². The van der Waals surface area contributed by atoms with Crippen LogP contribution < -0.4 is 10.2 Å². The predicted molar refractivity (Wildman–Crippen MR) is 98.0 cm³/mol. The number of piperidine rings is 1. The van der Waals surface area contributed by atoms with Crippen molar-refractivity contribution in [1.29, 1.82) is 0 Å². The molecule has 4 heterocycles. The molecular formula is C18H18ClN3O3S. The number of nitrogens with zero attached hydrogens (tertiary/aromatic N) is 2. The Hall–Kier alpha value is -1.73. The first-order chi connectivity index (χ1) is 12.5. The molecule has 5 rings (SSSR count). The molecule has 26 heavy (non-hydrogen) atoms. The van der Waals surface area contributed by atoms with Gasteiger partial charge < -0.3 is 10.2 Å². The number of rotatable bonds is 1. The average Bonchev–Trinajstić information content (AvgIpc) is 3.27. The summed E-state index contributed by atoms with van der Waals surface area (Å²) in [6, 6.07) is 5.32. The number of halogens is 1. The Morgan fingerprint density at radius 3 is 3.04 bits per heavy atom. The van der Waals surface area contributed by atoms with Gasteiger partial charge in [-0.05, 0) is 37.5 Å². The molecule has 0 bridgehead atoms. The summed E-state index contributed by atoms with van der Waals surface area (Å²) < 4.78 is 0. The first-order valence-corrected chi connectivity index (χ1v) is 10.1. The standard InChI is InChI=1S/C18H18ClN3O3S/c19-10-3-4-14-12(8-10)22-15(23)5-6-18(22,26-14)17(25)21-7-1-2-11-13(21)9-20-16(11)24/h3-4,8,11,13H,1-2,5-7,9H2,(H,20,24)/t11-,13-,18+/m1/s1. The number of likely N-dealkylation sites (tertiary alicyclic amines) is 1. The van der Waals surface area contributed by atoms with Gasteiger partial charge in [-0.15, -0.1) is 0 Å². The number of amides is 3. The van der Waals surface area contributed by atoms with E-state index in [0.29, 0.717) is 31.0 Å². The zero-order chi connectivity index (χ0) is 18.1. The summed E-state index contributed by atoms with van der Waals surface area (Å²) in [7, 11) is 0. The SMILES string of the molecule is O=C1NC[C@@H]2[C@H]1CCCN2C(=O)[C@@]12CCC(=O)N1c1cc(Cl)ccc1S2. The van der Waals surface area contributed by atoms with Crippen LogP contribution >= 0.6 is 23.4 Å². The van der Waals surface area contributed by atoms with Crippen molar-refractivity contribution in [2.75, 3.05) is 18.0 Å². The quantitative estimate of drug-likeness (QED) is 0.795. The zero-order valence-corrected chi connectivity index (χ0v) is 15.6. The maximum Gasteiger partial charge on any atom is 0.260 e. The number of benzene rings is 1. The molecule has 0 saturated carbocycles. The molecular weight excluding hydrogens is 374 g/mol. The van der Waals surface area contributed by atoms with Crippen molar-refractivity contribution in [2.24, 2.45) is 5.92 Å². The van der Waals surface area contributed by atoms with Crippen LogP contribution in [0.2, 0.25) is 5.02 Å². The number of anilines is 1. The van der Waals surface area contributed by atoms with E-state index in [1.54, 1.807) is 17.0 Å². The molecule has 3 fully saturated rings. The lowest BCUT2D eigenvalue weighted by Gasteiger charge is -2.41. The molecule has 1 N–H and O–H groups in total. The van der Waals surface area contributed by atoms with Crippen LogP contribution in [-0.2, 0) is 14.4 Å². The average molecular weight is 392 g/mol. The molecule has 136 valence electrons. The second-order valence-corrected chi connectivity index (χ2v) is 9.04. The van der Waals surface area contributed by atoms with Crippen molar-refractivity contribution in [1.82, 2.24) is 10.2 Å².